The quantitative estimate of drug-likeness (QED) is 0.759. The minimum absolute atomic E-state index is 0.134. The zero-order valence-electron chi connectivity index (χ0n) is 9.62. The van der Waals surface area contributed by atoms with Crippen LogP contribution in [-0.2, 0) is 11.2 Å². The molecule has 16 heavy (non-hydrogen) atoms. The van der Waals surface area contributed by atoms with Gasteiger partial charge in [-0.25, -0.2) is 0 Å². The van der Waals surface area contributed by atoms with Gasteiger partial charge in [0.1, 0.15) is 5.78 Å². The molecule has 0 amide bonds. The second-order valence-electron chi connectivity index (χ2n) is 4.26. The number of carbonyl (C=O) groups excluding carboxylic acids is 1. The number of fused-ring (bicyclic) bond motifs is 1. The van der Waals surface area contributed by atoms with Crippen molar-refractivity contribution in [2.45, 2.75) is 38.6 Å². The molecule has 3 heteroatoms. The molecular weight excluding hydrogens is 200 g/mol. The molecule has 1 aromatic heterocycles. The summed E-state index contributed by atoms with van der Waals surface area (Å²) in [6.07, 6.45) is 9.73. The fraction of sp³-hybridized carbons (Fsp3) is 0.462. The number of Topliss-reactive ketones (excluding diaryl/α,β-unsaturated/α-hetero) is 1. The van der Waals surface area contributed by atoms with E-state index in [1.807, 2.05) is 13.1 Å². The van der Waals surface area contributed by atoms with Crippen molar-refractivity contribution in [1.29, 1.82) is 0 Å². The van der Waals surface area contributed by atoms with E-state index >= 15 is 0 Å². The molecule has 0 saturated carbocycles. The first-order valence-corrected chi connectivity index (χ1v) is 5.87. The van der Waals surface area contributed by atoms with Crippen LogP contribution in [0.15, 0.2) is 6.20 Å². The Labute approximate surface area is 95.0 Å². The average Bonchev–Trinajstić information content (AvgIpc) is 2.72. The number of ketones is 1. The van der Waals surface area contributed by atoms with Gasteiger partial charge >= 0.3 is 0 Å². The van der Waals surface area contributed by atoms with Crippen LogP contribution < -0.4 is 16.3 Å². The second kappa shape index (κ2) is 4.66. The summed E-state index contributed by atoms with van der Waals surface area (Å²) in [7, 11) is 0. The Morgan fingerprint density at radius 3 is 3.00 bits per heavy atom. The lowest BCUT2D eigenvalue weighted by molar-refractivity contribution is -0.119. The van der Waals surface area contributed by atoms with Gasteiger partial charge in [0.05, 0.1) is 6.04 Å². The fourth-order valence-electron chi connectivity index (χ4n) is 2.14. The van der Waals surface area contributed by atoms with Gasteiger partial charge in [-0.05, 0) is 30.0 Å². The molecule has 0 aromatic carbocycles. The van der Waals surface area contributed by atoms with Gasteiger partial charge in [0, 0.05) is 18.0 Å². The van der Waals surface area contributed by atoms with Crippen LogP contribution in [0, 0.1) is 0 Å². The summed E-state index contributed by atoms with van der Waals surface area (Å²) in [6.45, 7) is 1.86. The molecule has 0 saturated heterocycles. The third kappa shape index (κ3) is 2.09. The number of nitrogens with one attached hydrogen (secondary N) is 1. The van der Waals surface area contributed by atoms with E-state index in [-0.39, 0.29) is 11.8 Å². The van der Waals surface area contributed by atoms with Crippen molar-refractivity contribution in [1.82, 2.24) is 4.98 Å². The van der Waals surface area contributed by atoms with Gasteiger partial charge in [0.25, 0.3) is 0 Å². The Morgan fingerprint density at radius 1 is 1.50 bits per heavy atom. The first kappa shape index (κ1) is 11.1. The summed E-state index contributed by atoms with van der Waals surface area (Å²) in [4.78, 5) is 14.7. The van der Waals surface area contributed by atoms with Crippen molar-refractivity contribution in [2.75, 3.05) is 0 Å². The molecule has 1 aliphatic rings. The second-order valence-corrected chi connectivity index (χ2v) is 4.26. The van der Waals surface area contributed by atoms with Gasteiger partial charge in [-0.3, -0.25) is 4.79 Å². The van der Waals surface area contributed by atoms with E-state index in [2.05, 4.69) is 17.1 Å². The summed E-state index contributed by atoms with van der Waals surface area (Å²) in [5, 5.41) is 2.42. The van der Waals surface area contributed by atoms with E-state index in [1.165, 1.54) is 16.1 Å². The minimum atomic E-state index is -0.361. The number of nitrogens with two attached hydrogens (primary N) is 1. The third-order valence-electron chi connectivity index (χ3n) is 3.10. The van der Waals surface area contributed by atoms with E-state index in [4.69, 9.17) is 5.73 Å². The van der Waals surface area contributed by atoms with Crippen LogP contribution in [0.5, 0.6) is 0 Å². The SMILES string of the molecule is CCC(=O)C(N)Cc1c[nH]c2c1=CCCC=2. The summed E-state index contributed by atoms with van der Waals surface area (Å²) in [6, 6.07) is -0.361. The van der Waals surface area contributed by atoms with Crippen LogP contribution in [-0.4, -0.2) is 16.8 Å². The van der Waals surface area contributed by atoms with E-state index in [1.54, 1.807) is 0 Å². The highest BCUT2D eigenvalue weighted by molar-refractivity contribution is 5.83. The van der Waals surface area contributed by atoms with Crippen LogP contribution in [0.4, 0.5) is 0 Å². The number of hydrogen-bond acceptors (Lipinski definition) is 2. The maximum Gasteiger partial charge on any atom is 0.149 e. The Kier molecular flexibility index (Phi) is 3.25. The van der Waals surface area contributed by atoms with Crippen LogP contribution in [0.25, 0.3) is 12.2 Å². The van der Waals surface area contributed by atoms with Gasteiger partial charge in [-0.1, -0.05) is 19.1 Å². The average molecular weight is 218 g/mol. The first-order valence-electron chi connectivity index (χ1n) is 5.87. The first-order chi connectivity index (χ1) is 7.72. The van der Waals surface area contributed by atoms with Gasteiger partial charge in [-0.2, -0.15) is 0 Å². The lowest BCUT2D eigenvalue weighted by atomic mass is 10.0. The predicted molar refractivity (Wildman–Crippen MR) is 65.2 cm³/mol. The summed E-state index contributed by atoms with van der Waals surface area (Å²) in [5.41, 5.74) is 7.03. The predicted octanol–water partition coefficient (Wildman–Crippen LogP) is 0.218. The third-order valence-corrected chi connectivity index (χ3v) is 3.10. The highest BCUT2D eigenvalue weighted by Crippen LogP contribution is 2.01. The monoisotopic (exact) mass is 218 g/mol. The molecule has 3 nitrogen and oxygen atoms in total. The zero-order valence-corrected chi connectivity index (χ0v) is 9.62. The lowest BCUT2D eigenvalue weighted by Crippen LogP contribution is -2.35. The smallest absolute Gasteiger partial charge is 0.149 e. The van der Waals surface area contributed by atoms with Crippen molar-refractivity contribution in [3.63, 3.8) is 0 Å². The van der Waals surface area contributed by atoms with Crippen LogP contribution >= 0.6 is 0 Å². The number of carbonyl (C=O) groups is 1. The molecule has 1 aromatic rings. The molecule has 1 aliphatic carbocycles. The van der Waals surface area contributed by atoms with Crippen molar-refractivity contribution in [2.24, 2.45) is 5.73 Å². The molecular formula is C13H18N2O. The Bertz CT molecular complexity index is 498. The number of rotatable bonds is 4. The van der Waals surface area contributed by atoms with Gasteiger partial charge in [0.15, 0.2) is 0 Å². The number of hydrogen-bond donors (Lipinski definition) is 2. The summed E-state index contributed by atoms with van der Waals surface area (Å²) >= 11 is 0. The van der Waals surface area contributed by atoms with Crippen LogP contribution in [0.2, 0.25) is 0 Å². The molecule has 0 spiro atoms. The molecule has 1 heterocycles. The lowest BCUT2D eigenvalue weighted by Gasteiger charge is -2.08. The highest BCUT2D eigenvalue weighted by Gasteiger charge is 2.13. The van der Waals surface area contributed by atoms with E-state index in [9.17, 15) is 4.79 Å². The largest absolute Gasteiger partial charge is 0.361 e. The molecule has 0 aliphatic heterocycles. The summed E-state index contributed by atoms with van der Waals surface area (Å²) < 4.78 is 0. The van der Waals surface area contributed by atoms with Gasteiger partial charge in [0.2, 0.25) is 0 Å². The van der Waals surface area contributed by atoms with E-state index in [0.717, 1.165) is 12.8 Å². The maximum atomic E-state index is 11.5. The molecule has 0 radical (unpaired) electrons. The van der Waals surface area contributed by atoms with E-state index in [0.29, 0.717) is 12.8 Å². The van der Waals surface area contributed by atoms with Crippen molar-refractivity contribution < 1.29 is 4.79 Å². The molecule has 2 rings (SSSR count). The number of aromatic nitrogens is 1. The molecule has 1 atom stereocenters. The normalized spacial score (nSPS) is 15.9. The number of H-pyrrole nitrogens is 1. The minimum Gasteiger partial charge on any atom is -0.361 e. The fourth-order valence-corrected chi connectivity index (χ4v) is 2.14. The highest BCUT2D eigenvalue weighted by atomic mass is 16.1. The molecule has 0 fully saturated rings. The molecule has 3 N–H and O–H groups in total. The maximum absolute atomic E-state index is 11.5. The standard InChI is InChI=1S/C13H18N2O/c1-2-13(16)11(14)7-9-8-15-12-6-4-3-5-10(9)12/h5-6,8,11,15H,2-4,7,14H2,1H3. The van der Waals surface area contributed by atoms with E-state index < -0.39 is 0 Å². The molecule has 1 unspecified atom stereocenters. The van der Waals surface area contributed by atoms with Crippen LogP contribution in [0.1, 0.15) is 31.7 Å². The Hall–Kier alpha value is -1.35. The van der Waals surface area contributed by atoms with Gasteiger partial charge < -0.3 is 10.7 Å². The topological polar surface area (TPSA) is 58.9 Å². The molecule has 0 bridgehead atoms. The van der Waals surface area contributed by atoms with Crippen molar-refractivity contribution in [3.05, 3.63) is 22.3 Å². The molecule has 86 valence electrons. The van der Waals surface area contributed by atoms with Crippen molar-refractivity contribution in [3.8, 4) is 0 Å². The zero-order chi connectivity index (χ0) is 11.5. The van der Waals surface area contributed by atoms with Crippen LogP contribution in [0.3, 0.4) is 0 Å². The van der Waals surface area contributed by atoms with Crippen molar-refractivity contribution >= 4 is 17.9 Å². The summed E-state index contributed by atoms with van der Waals surface area (Å²) in [5.74, 6) is 0.134. The Morgan fingerprint density at radius 2 is 2.25 bits per heavy atom. The Balaban J connectivity index is 2.24. The number of aromatic amines is 1. The van der Waals surface area contributed by atoms with Gasteiger partial charge in [-0.15, -0.1) is 0 Å².